The molecule has 82 heavy (non-hydrogen) atoms. The molecule has 0 saturated carbocycles. The first-order valence-electron chi connectivity index (χ1n) is 28.7. The van der Waals surface area contributed by atoms with Crippen molar-refractivity contribution >= 4 is 23.9 Å². The van der Waals surface area contributed by atoms with Gasteiger partial charge in [-0.3, -0.25) is 4.79 Å². The van der Waals surface area contributed by atoms with Gasteiger partial charge in [-0.15, -0.1) is 0 Å². The first kappa shape index (κ1) is 107. The Morgan fingerprint density at radius 2 is 0.427 bits per heavy atom. The standard InChI is InChI=1S/2C12H24O6.4C8H16O2.4K.2H2O/c2*1-2-14-5-6-16-9-10-18-12-11-17-8-7-15-4-3-13-1;4*1-3-5-6-7(4-2)8(9)10;;;;;;/h2*1-12H2;4*7H,3-6H2,1-2H3,(H,9,10);;;;;2*1H2/q;;;;;;4*+1;;/p-4. The van der Waals surface area contributed by atoms with E-state index >= 15 is 0 Å². The molecule has 2 aliphatic rings. The third-order valence-electron chi connectivity index (χ3n) is 11.4. The Bertz CT molecular complexity index is 921. The Morgan fingerprint density at radius 1 is 0.305 bits per heavy atom. The number of hydrogen-bond acceptors (Lipinski definition) is 20. The molecule has 0 aliphatic carbocycles. The summed E-state index contributed by atoms with van der Waals surface area (Å²) in [6.45, 7) is 29.9. The second kappa shape index (κ2) is 93.6. The van der Waals surface area contributed by atoms with Crippen molar-refractivity contribution in [3.8, 4) is 0 Å². The molecule has 0 aromatic heterocycles. The number of ether oxygens (including phenoxy) is 12. The van der Waals surface area contributed by atoms with Crippen molar-refractivity contribution in [2.75, 3.05) is 159 Å². The minimum absolute atomic E-state index is 0. The van der Waals surface area contributed by atoms with E-state index in [1.807, 2.05) is 27.7 Å². The van der Waals surface area contributed by atoms with Crippen LogP contribution >= 0.6 is 0 Å². The zero-order chi connectivity index (χ0) is 57.4. The second-order valence-corrected chi connectivity index (χ2v) is 17.6. The molecular weight excluding hydrogens is 1180 g/mol. The van der Waals surface area contributed by atoms with E-state index in [2.05, 4.69) is 27.7 Å². The van der Waals surface area contributed by atoms with Gasteiger partial charge in [0.15, 0.2) is 0 Å². The quantitative estimate of drug-likeness (QED) is 0.111. The van der Waals surface area contributed by atoms with Gasteiger partial charge in [-0.1, -0.05) is 107 Å². The van der Waals surface area contributed by atoms with Gasteiger partial charge in [0.25, 0.3) is 0 Å². The van der Waals surface area contributed by atoms with Crippen molar-refractivity contribution in [3.63, 3.8) is 0 Å². The van der Waals surface area contributed by atoms with Gasteiger partial charge in [0.05, 0.1) is 164 Å². The van der Waals surface area contributed by atoms with Crippen molar-refractivity contribution in [1.82, 2.24) is 0 Å². The molecule has 2 saturated heterocycles. The monoisotopic (exact) mass is 1290 g/mol. The summed E-state index contributed by atoms with van der Waals surface area (Å²) in [5.74, 6) is -4.10. The van der Waals surface area contributed by atoms with E-state index in [9.17, 15) is 34.5 Å². The largest absolute Gasteiger partial charge is 1.00 e. The Hall–Kier alpha value is 3.87. The van der Waals surface area contributed by atoms with E-state index in [0.717, 1.165) is 83.5 Å². The first-order valence-corrected chi connectivity index (χ1v) is 28.7. The Labute approximate surface area is 666 Å². The fourth-order valence-electron chi connectivity index (χ4n) is 6.41. The molecule has 0 aromatic rings. The molecule has 4 atom stereocenters. The van der Waals surface area contributed by atoms with Crippen molar-refractivity contribution in [3.05, 3.63) is 0 Å². The van der Waals surface area contributed by atoms with E-state index in [1.165, 1.54) is 0 Å². The van der Waals surface area contributed by atoms with Gasteiger partial charge in [0, 0.05) is 17.9 Å². The topological polar surface area (TPSA) is 330 Å². The molecule has 4 unspecified atom stereocenters. The van der Waals surface area contributed by atoms with Crippen molar-refractivity contribution in [2.24, 2.45) is 23.7 Å². The summed E-state index contributed by atoms with van der Waals surface area (Å²) in [7, 11) is 0. The summed E-state index contributed by atoms with van der Waals surface area (Å²) in [5, 5.41) is 39.6. The van der Waals surface area contributed by atoms with E-state index in [1.54, 1.807) is 0 Å². The van der Waals surface area contributed by atoms with Crippen LogP contribution in [-0.2, 0) is 76.0 Å². The van der Waals surface area contributed by atoms with Crippen LogP contribution in [0.3, 0.4) is 0 Å². The molecule has 2 fully saturated rings. The van der Waals surface area contributed by atoms with Crippen LogP contribution in [0.5, 0.6) is 0 Å². The molecule has 4 N–H and O–H groups in total. The zero-order valence-electron chi connectivity index (χ0n) is 53.7. The maximum absolute atomic E-state index is 10.4. The van der Waals surface area contributed by atoms with Gasteiger partial charge in [0.2, 0.25) is 0 Å². The predicted octanol–water partition coefficient (Wildman–Crippen LogP) is -7.64. The molecule has 0 bridgehead atoms. The van der Waals surface area contributed by atoms with Crippen LogP contribution < -0.4 is 221 Å². The minimum atomic E-state index is -0.893. The first-order chi connectivity index (χ1) is 36.9. The fourth-order valence-corrected chi connectivity index (χ4v) is 6.41. The van der Waals surface area contributed by atoms with Gasteiger partial charge in [0.1, 0.15) is 0 Å². The van der Waals surface area contributed by atoms with Crippen molar-refractivity contribution in [1.29, 1.82) is 0 Å². The molecule has 0 amide bonds. The fraction of sp³-hybridized carbons (Fsp3) is 0.929. The Kier molecular flexibility index (Phi) is 123. The summed E-state index contributed by atoms with van der Waals surface area (Å²) >= 11 is 0. The molecule has 2 aliphatic heterocycles. The number of carbonyl (C=O) groups is 4. The number of rotatable bonds is 20. The number of hydrogen-bond donors (Lipinski definition) is 1. The van der Waals surface area contributed by atoms with Crippen LogP contribution in [0.2, 0.25) is 0 Å². The van der Waals surface area contributed by atoms with E-state index in [-0.39, 0.29) is 240 Å². The van der Waals surface area contributed by atoms with Gasteiger partial charge in [-0.05, 0) is 69.1 Å². The van der Waals surface area contributed by atoms with Crippen LogP contribution in [0.15, 0.2) is 0 Å². The molecule has 2 rings (SSSR count). The maximum atomic E-state index is 10.4. The third kappa shape index (κ3) is 90.3. The summed E-state index contributed by atoms with van der Waals surface area (Å²) in [5.41, 5.74) is 0. The number of carboxylic acid groups (broad SMARTS) is 4. The Morgan fingerprint density at radius 3 is 0.512 bits per heavy atom. The van der Waals surface area contributed by atoms with Gasteiger partial charge < -0.3 is 103 Å². The van der Waals surface area contributed by atoms with Crippen LogP contribution in [0.1, 0.15) is 158 Å². The van der Waals surface area contributed by atoms with Crippen LogP contribution in [0, 0.1) is 23.7 Å². The van der Waals surface area contributed by atoms with E-state index < -0.39 is 23.9 Å². The predicted molar refractivity (Wildman–Crippen MR) is 291 cm³/mol. The zero-order valence-corrected chi connectivity index (χ0v) is 66.2. The minimum Gasteiger partial charge on any atom is -0.870 e. The summed E-state index contributed by atoms with van der Waals surface area (Å²) in [6, 6.07) is 0. The molecule has 472 valence electrons. The average molecular weight is 1290 g/mol. The van der Waals surface area contributed by atoms with Gasteiger partial charge in [-0.2, -0.15) is 0 Å². The molecule has 0 radical (unpaired) electrons. The van der Waals surface area contributed by atoms with Crippen LogP contribution in [0.4, 0.5) is 0 Å². The van der Waals surface area contributed by atoms with Crippen LogP contribution in [0.25, 0.3) is 0 Å². The molecule has 0 spiro atoms. The molecule has 26 heteroatoms. The number of aliphatic carboxylic acids is 4. The van der Waals surface area contributed by atoms with Crippen molar-refractivity contribution < 1.29 is 313 Å². The van der Waals surface area contributed by atoms with Gasteiger partial charge in [-0.25, -0.2) is 0 Å². The summed E-state index contributed by atoms with van der Waals surface area (Å²) in [4.78, 5) is 41.4. The average Bonchev–Trinajstić information content (AvgIpc) is 3.40. The number of carbonyl (C=O) groups excluding carboxylic acids is 3. The molecule has 2 heterocycles. The molecule has 22 nitrogen and oxygen atoms in total. The third-order valence-corrected chi connectivity index (χ3v) is 11.4. The normalized spacial score (nSPS) is 16.9. The molecular formula is C56H112K4O22. The second-order valence-electron chi connectivity index (χ2n) is 17.6. The van der Waals surface area contributed by atoms with E-state index in [0.29, 0.717) is 178 Å². The van der Waals surface area contributed by atoms with Gasteiger partial charge >= 0.3 is 212 Å². The SMILES string of the molecule is C1COCCOCCOCCOCCOCCO1.C1COCCOCCOCCOCCOCCO1.CCCCC(CC)C(=O)O.CCCCC(CC)C(=O)[O-].CCCCC(CC)C(=O)[O-].CCCCC(CC)C(=O)[O-].O.[K+].[K+].[K+].[K+].[OH-]. The summed E-state index contributed by atoms with van der Waals surface area (Å²) < 4.78 is 63.9. The summed E-state index contributed by atoms with van der Waals surface area (Å²) in [6.07, 6.45) is 14.3. The Balaban J connectivity index is -0.0000000956. The maximum Gasteiger partial charge on any atom is 1.00 e. The number of carboxylic acids is 4. The number of unbranched alkanes of at least 4 members (excludes halogenated alkanes) is 4. The van der Waals surface area contributed by atoms with E-state index in [4.69, 9.17) is 61.9 Å². The molecule has 0 aromatic carbocycles. The van der Waals surface area contributed by atoms with Crippen molar-refractivity contribution in [2.45, 2.75) is 158 Å². The smallest absolute Gasteiger partial charge is 0.870 e. The van der Waals surface area contributed by atoms with Crippen LogP contribution in [-0.4, -0.2) is 199 Å².